The number of aromatic nitrogens is 6. The van der Waals surface area contributed by atoms with Gasteiger partial charge in [-0.15, -0.1) is 30.0 Å². The van der Waals surface area contributed by atoms with Crippen molar-refractivity contribution >= 4 is 84.1 Å². The van der Waals surface area contributed by atoms with Crippen LogP contribution in [0, 0.1) is 13.8 Å². The van der Waals surface area contributed by atoms with Crippen LogP contribution in [0.3, 0.4) is 0 Å². The van der Waals surface area contributed by atoms with E-state index in [1.807, 2.05) is 0 Å². The summed E-state index contributed by atoms with van der Waals surface area (Å²) < 4.78 is 134. The number of aryl methyl sites for hydroxylation is 2. The van der Waals surface area contributed by atoms with Gasteiger partial charge in [-0.3, -0.25) is 9.11 Å². The lowest BCUT2D eigenvalue weighted by molar-refractivity contribution is 0.471. The Morgan fingerprint density at radius 2 is 0.790 bits per heavy atom. The number of hydrogen-bond donors (Lipinski definition) is 2. The number of rotatable bonds is 10. The van der Waals surface area contributed by atoms with E-state index < -0.39 is 52.0 Å². The molecule has 0 spiro atoms. The highest BCUT2D eigenvalue weighted by atomic mass is 32.2. The Bertz CT molecular complexity index is 3550. The molecule has 2 N–H and O–H groups in total. The molecule has 314 valence electrons. The number of hydrogen-bond acceptors (Lipinski definition) is 14. The van der Waals surface area contributed by atoms with E-state index in [0.29, 0.717) is 21.5 Å². The Hall–Kier alpha value is -6.82. The van der Waals surface area contributed by atoms with Gasteiger partial charge >= 0.3 is 20.2 Å². The average molecular weight is 913 g/mol. The van der Waals surface area contributed by atoms with Gasteiger partial charge in [0, 0.05) is 22.9 Å². The Morgan fingerprint density at radius 1 is 0.435 bits per heavy atom. The van der Waals surface area contributed by atoms with E-state index in [2.05, 4.69) is 20.4 Å². The van der Waals surface area contributed by atoms with Crippen LogP contribution < -0.4 is 8.37 Å². The van der Waals surface area contributed by atoms with Gasteiger partial charge in [0.15, 0.2) is 11.5 Å². The van der Waals surface area contributed by atoms with Crippen LogP contribution in [0.1, 0.15) is 11.1 Å². The van der Waals surface area contributed by atoms with Gasteiger partial charge in [0.05, 0.1) is 9.79 Å². The Morgan fingerprint density at radius 3 is 1.15 bits per heavy atom. The van der Waals surface area contributed by atoms with Crippen molar-refractivity contribution in [2.24, 2.45) is 0 Å². The minimum absolute atomic E-state index is 0.208. The largest absolute Gasteiger partial charge is 0.376 e. The van der Waals surface area contributed by atoms with Gasteiger partial charge in [0.2, 0.25) is 0 Å². The van der Waals surface area contributed by atoms with Crippen LogP contribution in [0.2, 0.25) is 0 Å². The topological polar surface area (TPSA) is 257 Å². The maximum atomic E-state index is 13.9. The summed E-state index contributed by atoms with van der Waals surface area (Å²) >= 11 is 0. The van der Waals surface area contributed by atoms with E-state index >= 15 is 0 Å². The van der Waals surface area contributed by atoms with Gasteiger partial charge in [0.25, 0.3) is 20.2 Å². The molecule has 9 rings (SSSR count). The molecule has 0 saturated heterocycles. The van der Waals surface area contributed by atoms with Crippen molar-refractivity contribution in [3.8, 4) is 22.9 Å². The maximum Gasteiger partial charge on any atom is 0.339 e. The van der Waals surface area contributed by atoms with Crippen LogP contribution in [0.5, 0.6) is 11.5 Å². The third-order valence-electron chi connectivity index (χ3n) is 9.76. The van der Waals surface area contributed by atoms with Crippen LogP contribution in [-0.2, 0) is 40.5 Å². The summed E-state index contributed by atoms with van der Waals surface area (Å²) in [5.74, 6) is -0.883. The summed E-state index contributed by atoms with van der Waals surface area (Å²) in [5.41, 5.74) is 1.96. The highest BCUT2D eigenvalue weighted by Gasteiger charge is 2.28. The van der Waals surface area contributed by atoms with E-state index in [4.69, 9.17) is 8.37 Å². The smallest absolute Gasteiger partial charge is 0.339 e. The average Bonchev–Trinajstić information content (AvgIpc) is 3.86. The Balaban J connectivity index is 1.30. The third kappa shape index (κ3) is 7.47. The van der Waals surface area contributed by atoms with Crippen LogP contribution in [0.4, 0.5) is 0 Å². The lowest BCUT2D eigenvalue weighted by atomic mass is 10.1. The molecule has 2 aromatic heterocycles. The summed E-state index contributed by atoms with van der Waals surface area (Å²) in [7, 11) is -18.4. The lowest BCUT2D eigenvalue weighted by Crippen LogP contribution is -2.16. The molecule has 0 saturated carbocycles. The second kappa shape index (κ2) is 14.4. The molecule has 7 aromatic carbocycles. The summed E-state index contributed by atoms with van der Waals surface area (Å²) in [6.07, 6.45) is 0. The minimum atomic E-state index is -4.64. The van der Waals surface area contributed by atoms with Crippen molar-refractivity contribution in [3.63, 3.8) is 0 Å². The van der Waals surface area contributed by atoms with Gasteiger partial charge in [0.1, 0.15) is 43.2 Å². The first-order valence-corrected chi connectivity index (χ1v) is 23.7. The van der Waals surface area contributed by atoms with E-state index in [-0.39, 0.29) is 53.0 Å². The number of fused-ring (bicyclic) bond motifs is 6. The van der Waals surface area contributed by atoms with Gasteiger partial charge in [-0.05, 0) is 85.3 Å². The quantitative estimate of drug-likeness (QED) is 0.116. The summed E-state index contributed by atoms with van der Waals surface area (Å²) in [5, 5.41) is 19.8. The van der Waals surface area contributed by atoms with Crippen molar-refractivity contribution in [1.29, 1.82) is 0 Å². The van der Waals surface area contributed by atoms with Gasteiger partial charge in [-0.2, -0.15) is 33.7 Å². The monoisotopic (exact) mass is 912 g/mol. The molecule has 0 atom stereocenters. The third-order valence-corrected chi connectivity index (χ3v) is 14.0. The fraction of sp³-hybridized carbons (Fsp3) is 0.0500. The predicted molar refractivity (Wildman–Crippen MR) is 224 cm³/mol. The number of benzene rings is 7. The zero-order valence-corrected chi connectivity index (χ0v) is 35.1. The highest BCUT2D eigenvalue weighted by Crippen LogP contribution is 2.38. The van der Waals surface area contributed by atoms with Crippen LogP contribution in [-0.4, -0.2) is 72.8 Å². The molecule has 0 aliphatic heterocycles. The Labute approximate surface area is 352 Å². The molecule has 9 aromatic rings. The standard InChI is InChI=1S/C40H28N6O12S4/c1-23-3-9-27(10-4-23)61(53,54)57-37-21-36(46-42-34-18-8-26-20-30(60(50,51)52)14-16-32(26)40(34)44-46)38(58-62(55,56)28-11-5-24(2)6-12-28)22-35(37)45-41-33-17-7-25-19-29(59(47,48)49)13-15-31(25)39(33)43-45/h3-22H,1-2H3,(H,47,48,49)(H,50,51,52). The molecule has 0 fully saturated rings. The van der Waals surface area contributed by atoms with Crippen LogP contribution >= 0.6 is 0 Å². The molecule has 0 unspecified atom stereocenters. The van der Waals surface area contributed by atoms with E-state index in [1.165, 1.54) is 84.9 Å². The fourth-order valence-corrected chi connectivity index (χ4v) is 9.54. The first-order valence-electron chi connectivity index (χ1n) is 18.0. The van der Waals surface area contributed by atoms with Crippen molar-refractivity contribution < 1.29 is 51.1 Å². The zero-order chi connectivity index (χ0) is 43.9. The molecule has 0 aliphatic carbocycles. The molecule has 62 heavy (non-hydrogen) atoms. The first-order chi connectivity index (χ1) is 29.2. The van der Waals surface area contributed by atoms with Gasteiger partial charge in [-0.25, -0.2) is 0 Å². The molecular weight excluding hydrogens is 885 g/mol. The van der Waals surface area contributed by atoms with Gasteiger partial charge in [-0.1, -0.05) is 59.7 Å². The van der Waals surface area contributed by atoms with Crippen LogP contribution in [0.25, 0.3) is 55.0 Å². The molecule has 0 radical (unpaired) electrons. The van der Waals surface area contributed by atoms with E-state index in [0.717, 1.165) is 32.9 Å². The maximum absolute atomic E-state index is 13.9. The lowest BCUT2D eigenvalue weighted by Gasteiger charge is -2.16. The van der Waals surface area contributed by atoms with Gasteiger partial charge < -0.3 is 8.37 Å². The summed E-state index contributed by atoms with van der Waals surface area (Å²) in [6.45, 7) is 3.54. The first kappa shape index (κ1) is 40.6. The number of nitrogens with zero attached hydrogens (tertiary/aromatic N) is 6. The molecule has 0 aliphatic rings. The molecule has 22 heteroatoms. The summed E-state index contributed by atoms with van der Waals surface area (Å²) in [4.78, 5) is 0.798. The molecular formula is C40H28N6O12S4. The second-order valence-corrected chi connectivity index (χ2v) is 20.0. The normalized spacial score (nSPS) is 12.7. The van der Waals surface area contributed by atoms with Crippen molar-refractivity contribution in [3.05, 3.63) is 132 Å². The van der Waals surface area contributed by atoms with Crippen molar-refractivity contribution in [2.75, 3.05) is 0 Å². The van der Waals surface area contributed by atoms with Crippen LogP contribution in [0.15, 0.2) is 141 Å². The Kier molecular flexibility index (Phi) is 9.42. The van der Waals surface area contributed by atoms with Crippen molar-refractivity contribution in [2.45, 2.75) is 33.4 Å². The predicted octanol–water partition coefficient (Wildman–Crippen LogP) is 6.11. The SMILES string of the molecule is Cc1ccc(S(=O)(=O)Oc2cc(-n3nc4ccc5cc(S(=O)(=O)O)ccc5c4n3)c(OS(=O)(=O)c3ccc(C)cc3)cc2-n2nc3ccc4cc(S(=O)(=O)O)ccc4c3n2)cc1. The second-order valence-electron chi connectivity index (χ2n) is 14.1. The highest BCUT2D eigenvalue weighted by molar-refractivity contribution is 7.87. The molecule has 2 heterocycles. The van der Waals surface area contributed by atoms with Crippen molar-refractivity contribution in [1.82, 2.24) is 30.0 Å². The fourth-order valence-electron chi connectivity index (χ4n) is 6.63. The van der Waals surface area contributed by atoms with E-state index in [1.54, 1.807) is 38.1 Å². The molecule has 0 amide bonds. The summed E-state index contributed by atoms with van der Waals surface area (Å²) in [6, 6.07) is 27.6. The minimum Gasteiger partial charge on any atom is -0.376 e. The molecule has 0 bridgehead atoms. The van der Waals surface area contributed by atoms with E-state index in [9.17, 15) is 42.8 Å². The zero-order valence-electron chi connectivity index (χ0n) is 31.8. The molecule has 18 nitrogen and oxygen atoms in total.